The van der Waals surface area contributed by atoms with E-state index in [2.05, 4.69) is 21.8 Å². The Hall–Kier alpha value is -2.24. The van der Waals surface area contributed by atoms with E-state index in [1.165, 1.54) is 0 Å². The first-order valence-electron chi connectivity index (χ1n) is 9.37. The molecule has 4 aromatic rings. The largest absolute Gasteiger partial charge is 0.316 e. The summed E-state index contributed by atoms with van der Waals surface area (Å²) >= 11 is 12.4. The first kappa shape index (κ1) is 20.0. The molecule has 0 fully saturated rings. The van der Waals surface area contributed by atoms with E-state index in [1.54, 1.807) is 12.4 Å². The minimum absolute atomic E-state index is 0.0231. The van der Waals surface area contributed by atoms with Crippen molar-refractivity contribution in [1.29, 1.82) is 0 Å². The van der Waals surface area contributed by atoms with Gasteiger partial charge in [0.05, 0.1) is 16.6 Å². The van der Waals surface area contributed by atoms with Crippen LogP contribution in [-0.2, 0) is 5.54 Å². The van der Waals surface area contributed by atoms with E-state index < -0.39 is 5.54 Å². The van der Waals surface area contributed by atoms with E-state index in [-0.39, 0.29) is 6.04 Å². The Morgan fingerprint density at radius 1 is 0.828 bits per heavy atom. The summed E-state index contributed by atoms with van der Waals surface area (Å²) in [5.74, 6) is 0. The molecular formula is C23H22Cl2N4. The van der Waals surface area contributed by atoms with Gasteiger partial charge in [0.15, 0.2) is 0 Å². The fraction of sp³-hybridized carbons (Fsp3) is 0.217. The third-order valence-corrected chi connectivity index (χ3v) is 6.20. The third kappa shape index (κ3) is 3.36. The van der Waals surface area contributed by atoms with Crippen molar-refractivity contribution in [2.45, 2.75) is 18.5 Å². The summed E-state index contributed by atoms with van der Waals surface area (Å²) in [5.41, 5.74) is 10.1. The fourth-order valence-corrected chi connectivity index (χ4v) is 4.30. The molecule has 0 amide bonds. The maximum atomic E-state index is 7.33. The van der Waals surface area contributed by atoms with Crippen molar-refractivity contribution in [2.75, 3.05) is 14.1 Å². The second-order valence-corrected chi connectivity index (χ2v) is 8.42. The monoisotopic (exact) mass is 424 g/mol. The number of hydrogen-bond acceptors (Lipinski definition) is 4. The van der Waals surface area contributed by atoms with Crippen LogP contribution in [0.25, 0.3) is 21.8 Å². The summed E-state index contributed by atoms with van der Waals surface area (Å²) in [7, 11) is 4.07. The lowest BCUT2D eigenvalue weighted by molar-refractivity contribution is 0.224. The second-order valence-electron chi connectivity index (χ2n) is 7.55. The van der Waals surface area contributed by atoms with E-state index in [0.717, 1.165) is 32.9 Å². The molecule has 0 unspecified atom stereocenters. The predicted octanol–water partition coefficient (Wildman–Crippen LogP) is 5.24. The van der Waals surface area contributed by atoms with Gasteiger partial charge in [-0.15, -0.1) is 0 Å². The number of nitrogens with two attached hydrogens (primary N) is 1. The molecule has 4 nitrogen and oxygen atoms in total. The summed E-state index contributed by atoms with van der Waals surface area (Å²) in [5, 5.41) is 3.25. The molecule has 0 aliphatic heterocycles. The van der Waals surface area contributed by atoms with Crippen LogP contribution in [0, 0.1) is 0 Å². The van der Waals surface area contributed by atoms with E-state index in [4.69, 9.17) is 28.9 Å². The standard InChI is InChI=1S/C23H22Cl2N4/c1-14(29(2)3)23(26,19-8-10-27-21-12-15(24)4-6-17(19)21)20-9-11-28-22-13-16(25)5-7-18(20)22/h4-14H,26H2,1-3H3/t14-/m0/s1. The van der Waals surface area contributed by atoms with Crippen molar-refractivity contribution < 1.29 is 0 Å². The molecule has 0 aliphatic rings. The number of hydrogen-bond donors (Lipinski definition) is 1. The average molecular weight is 425 g/mol. The van der Waals surface area contributed by atoms with Gasteiger partial charge in [0.1, 0.15) is 0 Å². The highest BCUT2D eigenvalue weighted by molar-refractivity contribution is 6.31. The number of rotatable bonds is 4. The molecule has 0 saturated heterocycles. The zero-order valence-corrected chi connectivity index (χ0v) is 18.0. The Morgan fingerprint density at radius 2 is 1.28 bits per heavy atom. The van der Waals surface area contributed by atoms with Crippen molar-refractivity contribution in [1.82, 2.24) is 14.9 Å². The van der Waals surface area contributed by atoms with Gasteiger partial charge in [0, 0.05) is 39.3 Å². The lowest BCUT2D eigenvalue weighted by atomic mass is 9.75. The molecule has 6 heteroatoms. The number of likely N-dealkylation sites (N-methyl/N-ethyl adjacent to an activating group) is 1. The summed E-state index contributed by atoms with van der Waals surface area (Å²) < 4.78 is 0. The maximum Gasteiger partial charge on any atom is 0.0834 e. The van der Waals surface area contributed by atoms with Crippen molar-refractivity contribution in [3.05, 3.63) is 82.1 Å². The molecule has 2 N–H and O–H groups in total. The van der Waals surface area contributed by atoms with Gasteiger partial charge < -0.3 is 10.6 Å². The van der Waals surface area contributed by atoms with Crippen LogP contribution in [0.5, 0.6) is 0 Å². The summed E-state index contributed by atoms with van der Waals surface area (Å²) in [6.07, 6.45) is 3.58. The smallest absolute Gasteiger partial charge is 0.0834 e. The van der Waals surface area contributed by atoms with Crippen LogP contribution < -0.4 is 5.73 Å². The fourth-order valence-electron chi connectivity index (χ4n) is 3.97. The van der Waals surface area contributed by atoms with Gasteiger partial charge in [-0.2, -0.15) is 0 Å². The van der Waals surface area contributed by atoms with E-state index in [1.807, 2.05) is 62.6 Å². The van der Waals surface area contributed by atoms with Crippen LogP contribution >= 0.6 is 23.2 Å². The molecule has 0 radical (unpaired) electrons. The van der Waals surface area contributed by atoms with Crippen LogP contribution in [-0.4, -0.2) is 35.0 Å². The SMILES string of the molecule is C[C@H](N(C)C)C(N)(c1ccnc2cc(Cl)ccc12)c1ccnc2cc(Cl)ccc12. The maximum absolute atomic E-state index is 7.33. The number of aromatic nitrogens is 2. The summed E-state index contributed by atoms with van der Waals surface area (Å²) in [6, 6.07) is 15.4. The van der Waals surface area contributed by atoms with Gasteiger partial charge >= 0.3 is 0 Å². The summed E-state index contributed by atoms with van der Waals surface area (Å²) in [6.45, 7) is 2.13. The second kappa shape index (κ2) is 7.54. The molecule has 4 rings (SSSR count). The zero-order valence-electron chi connectivity index (χ0n) is 16.5. The Bertz CT molecular complexity index is 1120. The molecule has 2 aromatic carbocycles. The molecule has 2 heterocycles. The highest BCUT2D eigenvalue weighted by Crippen LogP contribution is 2.39. The molecule has 0 aliphatic carbocycles. The van der Waals surface area contributed by atoms with Crippen molar-refractivity contribution in [3.63, 3.8) is 0 Å². The Kier molecular flexibility index (Phi) is 5.21. The number of pyridine rings is 2. The molecule has 29 heavy (non-hydrogen) atoms. The topological polar surface area (TPSA) is 55.0 Å². The summed E-state index contributed by atoms with van der Waals surface area (Å²) in [4.78, 5) is 11.1. The number of benzene rings is 2. The highest BCUT2D eigenvalue weighted by atomic mass is 35.5. The van der Waals surface area contributed by atoms with Gasteiger partial charge in [-0.05, 0) is 68.5 Å². The van der Waals surface area contributed by atoms with Crippen LogP contribution in [0.15, 0.2) is 60.9 Å². The van der Waals surface area contributed by atoms with E-state index in [9.17, 15) is 0 Å². The molecule has 2 aromatic heterocycles. The van der Waals surface area contributed by atoms with Gasteiger partial charge in [0.25, 0.3) is 0 Å². The van der Waals surface area contributed by atoms with Gasteiger partial charge in [-0.25, -0.2) is 0 Å². The molecule has 148 valence electrons. The number of nitrogens with zero attached hydrogens (tertiary/aromatic N) is 3. The Balaban J connectivity index is 2.09. The minimum Gasteiger partial charge on any atom is -0.316 e. The predicted molar refractivity (Wildman–Crippen MR) is 122 cm³/mol. The van der Waals surface area contributed by atoms with Crippen LogP contribution in [0.3, 0.4) is 0 Å². The first-order valence-corrected chi connectivity index (χ1v) is 10.1. The normalized spacial score (nSPS) is 13.3. The van der Waals surface area contributed by atoms with Crippen LogP contribution in [0.2, 0.25) is 10.0 Å². The quantitative estimate of drug-likeness (QED) is 0.486. The van der Waals surface area contributed by atoms with Crippen LogP contribution in [0.4, 0.5) is 0 Å². The third-order valence-electron chi connectivity index (χ3n) is 5.73. The average Bonchev–Trinajstić information content (AvgIpc) is 2.71. The minimum atomic E-state index is -0.826. The molecule has 0 bridgehead atoms. The van der Waals surface area contributed by atoms with Crippen molar-refractivity contribution in [2.24, 2.45) is 5.73 Å². The van der Waals surface area contributed by atoms with Gasteiger partial charge in [-0.1, -0.05) is 35.3 Å². The molecule has 0 spiro atoms. The lowest BCUT2D eigenvalue weighted by Gasteiger charge is -2.41. The Labute approximate surface area is 180 Å². The number of halogens is 2. The highest BCUT2D eigenvalue weighted by Gasteiger charge is 2.39. The molecule has 0 saturated carbocycles. The van der Waals surface area contributed by atoms with Gasteiger partial charge in [0.2, 0.25) is 0 Å². The molecule has 1 atom stereocenters. The molecular weight excluding hydrogens is 403 g/mol. The van der Waals surface area contributed by atoms with Crippen molar-refractivity contribution in [3.8, 4) is 0 Å². The first-order chi connectivity index (χ1) is 13.8. The van der Waals surface area contributed by atoms with Crippen molar-refractivity contribution >= 4 is 45.0 Å². The lowest BCUT2D eigenvalue weighted by Crippen LogP contribution is -2.53. The zero-order chi connectivity index (χ0) is 20.8. The number of fused-ring (bicyclic) bond motifs is 2. The van der Waals surface area contributed by atoms with E-state index in [0.29, 0.717) is 10.0 Å². The van der Waals surface area contributed by atoms with Crippen LogP contribution in [0.1, 0.15) is 18.1 Å². The van der Waals surface area contributed by atoms with Gasteiger partial charge in [-0.3, -0.25) is 9.97 Å². The van der Waals surface area contributed by atoms with E-state index >= 15 is 0 Å². The Morgan fingerprint density at radius 3 is 1.69 bits per heavy atom.